The molecule has 100 valence electrons. The van der Waals surface area contributed by atoms with Crippen LogP contribution in [0.25, 0.3) is 0 Å². The van der Waals surface area contributed by atoms with Crippen LogP contribution in [0.5, 0.6) is 5.75 Å². The second kappa shape index (κ2) is 7.34. The predicted octanol–water partition coefficient (Wildman–Crippen LogP) is 2.14. The van der Waals surface area contributed by atoms with E-state index in [9.17, 15) is 0 Å². The Morgan fingerprint density at radius 1 is 1.33 bits per heavy atom. The summed E-state index contributed by atoms with van der Waals surface area (Å²) >= 11 is 0. The fourth-order valence-corrected chi connectivity index (χ4v) is 1.64. The molecule has 1 aliphatic rings. The first-order valence-corrected chi connectivity index (χ1v) is 6.77. The molecule has 4 nitrogen and oxygen atoms in total. The SMILES string of the molecule is CCCOCCOc1ccnc(CNC2CC2)c1. The van der Waals surface area contributed by atoms with Crippen molar-refractivity contribution in [3.63, 3.8) is 0 Å². The van der Waals surface area contributed by atoms with Gasteiger partial charge in [-0.1, -0.05) is 6.92 Å². The zero-order valence-corrected chi connectivity index (χ0v) is 11.0. The van der Waals surface area contributed by atoms with Gasteiger partial charge in [0.05, 0.1) is 12.3 Å². The Labute approximate surface area is 109 Å². The normalized spacial score (nSPS) is 14.7. The number of nitrogens with one attached hydrogen (secondary N) is 1. The Morgan fingerprint density at radius 2 is 2.22 bits per heavy atom. The second-order valence-electron chi connectivity index (χ2n) is 4.60. The maximum absolute atomic E-state index is 5.62. The molecular weight excluding hydrogens is 228 g/mol. The summed E-state index contributed by atoms with van der Waals surface area (Å²) in [5, 5.41) is 3.44. The van der Waals surface area contributed by atoms with Gasteiger partial charge < -0.3 is 14.8 Å². The van der Waals surface area contributed by atoms with Crippen molar-refractivity contribution in [1.29, 1.82) is 0 Å². The van der Waals surface area contributed by atoms with Crippen LogP contribution in [-0.4, -0.2) is 30.8 Å². The molecule has 1 heterocycles. The van der Waals surface area contributed by atoms with Gasteiger partial charge in [-0.3, -0.25) is 4.98 Å². The van der Waals surface area contributed by atoms with Gasteiger partial charge >= 0.3 is 0 Å². The number of hydrogen-bond acceptors (Lipinski definition) is 4. The first-order chi connectivity index (χ1) is 8.88. The van der Waals surface area contributed by atoms with Crippen molar-refractivity contribution in [3.8, 4) is 5.75 Å². The number of rotatable bonds is 9. The minimum Gasteiger partial charge on any atom is -0.491 e. The maximum atomic E-state index is 5.62. The zero-order chi connectivity index (χ0) is 12.6. The van der Waals surface area contributed by atoms with Crippen molar-refractivity contribution < 1.29 is 9.47 Å². The van der Waals surface area contributed by atoms with Crippen molar-refractivity contribution in [3.05, 3.63) is 24.0 Å². The second-order valence-corrected chi connectivity index (χ2v) is 4.60. The minimum absolute atomic E-state index is 0.597. The van der Waals surface area contributed by atoms with Gasteiger partial charge in [-0.2, -0.15) is 0 Å². The summed E-state index contributed by atoms with van der Waals surface area (Å²) in [6, 6.07) is 4.59. The molecule has 0 bridgehead atoms. The van der Waals surface area contributed by atoms with Crippen LogP contribution < -0.4 is 10.1 Å². The van der Waals surface area contributed by atoms with Gasteiger partial charge in [-0.15, -0.1) is 0 Å². The molecule has 0 spiro atoms. The van der Waals surface area contributed by atoms with E-state index in [1.807, 2.05) is 12.1 Å². The highest BCUT2D eigenvalue weighted by molar-refractivity contribution is 5.22. The average Bonchev–Trinajstić information content (AvgIpc) is 3.21. The molecule has 1 saturated carbocycles. The lowest BCUT2D eigenvalue weighted by Crippen LogP contribution is -2.16. The van der Waals surface area contributed by atoms with Crippen molar-refractivity contribution in [2.24, 2.45) is 0 Å². The number of hydrogen-bond donors (Lipinski definition) is 1. The molecule has 1 N–H and O–H groups in total. The standard InChI is InChI=1S/C14H22N2O2/c1-2-7-17-8-9-18-14-5-6-15-13(10-14)11-16-12-3-4-12/h5-6,10,12,16H,2-4,7-9,11H2,1H3. The van der Waals surface area contributed by atoms with Gasteiger partial charge in [0.1, 0.15) is 12.4 Å². The summed E-state index contributed by atoms with van der Waals surface area (Å²) < 4.78 is 11.0. The van der Waals surface area contributed by atoms with Gasteiger partial charge in [0, 0.05) is 31.5 Å². The molecule has 18 heavy (non-hydrogen) atoms. The predicted molar refractivity (Wildman–Crippen MR) is 70.7 cm³/mol. The fourth-order valence-electron chi connectivity index (χ4n) is 1.64. The van der Waals surface area contributed by atoms with E-state index >= 15 is 0 Å². The number of pyridine rings is 1. The lowest BCUT2D eigenvalue weighted by molar-refractivity contribution is 0.101. The van der Waals surface area contributed by atoms with Crippen LogP contribution in [0.15, 0.2) is 18.3 Å². The lowest BCUT2D eigenvalue weighted by Gasteiger charge is -2.08. The van der Waals surface area contributed by atoms with Crippen LogP contribution in [0.3, 0.4) is 0 Å². The highest BCUT2D eigenvalue weighted by atomic mass is 16.5. The monoisotopic (exact) mass is 250 g/mol. The molecule has 4 heteroatoms. The summed E-state index contributed by atoms with van der Waals surface area (Å²) in [5.41, 5.74) is 1.04. The van der Waals surface area contributed by atoms with E-state index in [2.05, 4.69) is 17.2 Å². The van der Waals surface area contributed by atoms with Crippen LogP contribution >= 0.6 is 0 Å². The number of ether oxygens (including phenoxy) is 2. The van der Waals surface area contributed by atoms with Crippen molar-refractivity contribution in [1.82, 2.24) is 10.3 Å². The summed E-state index contributed by atoms with van der Waals surface area (Å²) in [4.78, 5) is 4.32. The molecular formula is C14H22N2O2. The van der Waals surface area contributed by atoms with Gasteiger partial charge in [0.15, 0.2) is 0 Å². The molecule has 0 atom stereocenters. The zero-order valence-electron chi connectivity index (χ0n) is 11.0. The Morgan fingerprint density at radius 3 is 3.00 bits per heavy atom. The average molecular weight is 250 g/mol. The molecule has 1 aromatic heterocycles. The molecule has 0 unspecified atom stereocenters. The highest BCUT2D eigenvalue weighted by Gasteiger charge is 2.20. The quantitative estimate of drug-likeness (QED) is 0.682. The van der Waals surface area contributed by atoms with Crippen LogP contribution in [-0.2, 0) is 11.3 Å². The first kappa shape index (κ1) is 13.3. The van der Waals surface area contributed by atoms with E-state index in [-0.39, 0.29) is 0 Å². The van der Waals surface area contributed by atoms with Crippen LogP contribution in [0.1, 0.15) is 31.9 Å². The smallest absolute Gasteiger partial charge is 0.122 e. The van der Waals surface area contributed by atoms with Gasteiger partial charge in [0.2, 0.25) is 0 Å². The summed E-state index contributed by atoms with van der Waals surface area (Å²) in [6.45, 7) is 4.97. The van der Waals surface area contributed by atoms with E-state index in [1.165, 1.54) is 12.8 Å². The number of aromatic nitrogens is 1. The van der Waals surface area contributed by atoms with E-state index in [0.717, 1.165) is 31.0 Å². The van der Waals surface area contributed by atoms with Crippen molar-refractivity contribution in [2.45, 2.75) is 38.8 Å². The summed E-state index contributed by atoms with van der Waals surface area (Å²) in [7, 11) is 0. The Balaban J connectivity index is 1.68. The van der Waals surface area contributed by atoms with Crippen molar-refractivity contribution >= 4 is 0 Å². The lowest BCUT2D eigenvalue weighted by atomic mass is 10.3. The molecule has 0 radical (unpaired) electrons. The number of nitrogens with zero attached hydrogens (tertiary/aromatic N) is 1. The molecule has 1 aromatic rings. The van der Waals surface area contributed by atoms with Crippen molar-refractivity contribution in [2.75, 3.05) is 19.8 Å². The van der Waals surface area contributed by atoms with Crippen LogP contribution in [0.4, 0.5) is 0 Å². The van der Waals surface area contributed by atoms with E-state index in [1.54, 1.807) is 6.20 Å². The molecule has 1 fully saturated rings. The molecule has 1 aliphatic carbocycles. The molecule has 0 saturated heterocycles. The third-order valence-corrected chi connectivity index (χ3v) is 2.78. The minimum atomic E-state index is 0.597. The largest absolute Gasteiger partial charge is 0.491 e. The topological polar surface area (TPSA) is 43.4 Å². The Hall–Kier alpha value is -1.13. The Bertz CT molecular complexity index is 353. The third kappa shape index (κ3) is 5.02. The Kier molecular flexibility index (Phi) is 5.42. The third-order valence-electron chi connectivity index (χ3n) is 2.78. The van der Waals surface area contributed by atoms with Gasteiger partial charge in [-0.05, 0) is 25.3 Å². The highest BCUT2D eigenvalue weighted by Crippen LogP contribution is 2.19. The molecule has 0 aliphatic heterocycles. The maximum Gasteiger partial charge on any atom is 0.122 e. The van der Waals surface area contributed by atoms with E-state index < -0.39 is 0 Å². The van der Waals surface area contributed by atoms with Gasteiger partial charge in [-0.25, -0.2) is 0 Å². The molecule has 0 aromatic carbocycles. The molecule has 0 amide bonds. The van der Waals surface area contributed by atoms with Crippen LogP contribution in [0.2, 0.25) is 0 Å². The van der Waals surface area contributed by atoms with E-state index in [4.69, 9.17) is 9.47 Å². The fraction of sp³-hybridized carbons (Fsp3) is 0.643. The molecule has 2 rings (SSSR count). The van der Waals surface area contributed by atoms with Gasteiger partial charge in [0.25, 0.3) is 0 Å². The van der Waals surface area contributed by atoms with Crippen LogP contribution in [0, 0.1) is 0 Å². The summed E-state index contributed by atoms with van der Waals surface area (Å²) in [5.74, 6) is 0.873. The van der Waals surface area contributed by atoms with E-state index in [0.29, 0.717) is 19.3 Å². The first-order valence-electron chi connectivity index (χ1n) is 6.77. The summed E-state index contributed by atoms with van der Waals surface area (Å²) in [6.07, 6.45) is 5.44.